The van der Waals surface area contributed by atoms with Crippen molar-refractivity contribution in [1.82, 2.24) is 9.78 Å². The second kappa shape index (κ2) is 3.47. The summed E-state index contributed by atoms with van der Waals surface area (Å²) in [6.45, 7) is 3.56. The van der Waals surface area contributed by atoms with Crippen molar-refractivity contribution < 1.29 is 9.53 Å². The molecule has 0 atom stereocenters. The van der Waals surface area contributed by atoms with Crippen LogP contribution in [0.3, 0.4) is 0 Å². The molecule has 0 unspecified atom stereocenters. The van der Waals surface area contributed by atoms with Crippen LogP contribution in [0.15, 0.2) is 6.07 Å². The summed E-state index contributed by atoms with van der Waals surface area (Å²) in [7, 11) is 1.67. The van der Waals surface area contributed by atoms with E-state index >= 15 is 0 Å². The van der Waals surface area contributed by atoms with Gasteiger partial charge >= 0.3 is 5.97 Å². The lowest BCUT2D eigenvalue weighted by Gasteiger charge is -2.04. The number of aromatic nitrogens is 2. The van der Waals surface area contributed by atoms with Crippen molar-refractivity contribution >= 4 is 11.8 Å². The zero-order chi connectivity index (χ0) is 10.0. The van der Waals surface area contributed by atoms with E-state index < -0.39 is 5.97 Å². The summed E-state index contributed by atoms with van der Waals surface area (Å²) in [5.74, 6) is -0.00185. The number of nitrogens with zero attached hydrogens (tertiary/aromatic N) is 2. The minimum Gasteiger partial charge on any atom is -0.458 e. The maximum absolute atomic E-state index is 11.3. The highest BCUT2D eigenvalue weighted by molar-refractivity contribution is 5.88. The molecule has 0 saturated heterocycles. The largest absolute Gasteiger partial charge is 0.458 e. The summed E-state index contributed by atoms with van der Waals surface area (Å²) in [6, 6.07) is 1.49. The van der Waals surface area contributed by atoms with Crippen LogP contribution in [0.4, 0.5) is 5.82 Å². The van der Waals surface area contributed by atoms with Crippen molar-refractivity contribution in [3.8, 4) is 0 Å². The highest BCUT2D eigenvalue weighted by atomic mass is 16.5. The third-order valence-corrected chi connectivity index (χ3v) is 1.47. The molecule has 0 aliphatic heterocycles. The first-order chi connectivity index (χ1) is 6.00. The number of anilines is 1. The average molecular weight is 183 g/mol. The number of rotatable bonds is 2. The highest BCUT2D eigenvalue weighted by Crippen LogP contribution is 2.06. The first-order valence-corrected chi connectivity index (χ1v) is 4.01. The first kappa shape index (κ1) is 9.57. The summed E-state index contributed by atoms with van der Waals surface area (Å²) < 4.78 is 6.36. The summed E-state index contributed by atoms with van der Waals surface area (Å²) in [6.07, 6.45) is -0.143. The fraction of sp³-hybridized carbons (Fsp3) is 0.500. The molecule has 13 heavy (non-hydrogen) atoms. The van der Waals surface area contributed by atoms with Gasteiger partial charge in [0.2, 0.25) is 0 Å². The van der Waals surface area contributed by atoms with Crippen LogP contribution >= 0.6 is 0 Å². The maximum atomic E-state index is 11.3. The van der Waals surface area contributed by atoms with Gasteiger partial charge in [-0.1, -0.05) is 0 Å². The number of nitrogen functional groups attached to an aromatic ring is 1. The zero-order valence-electron chi connectivity index (χ0n) is 7.94. The molecule has 0 aromatic carbocycles. The van der Waals surface area contributed by atoms with E-state index in [0.29, 0.717) is 5.82 Å². The Morgan fingerprint density at radius 3 is 2.69 bits per heavy atom. The van der Waals surface area contributed by atoms with E-state index in [-0.39, 0.29) is 11.8 Å². The second-order valence-electron chi connectivity index (χ2n) is 3.03. The molecule has 0 aliphatic carbocycles. The van der Waals surface area contributed by atoms with Gasteiger partial charge in [0.1, 0.15) is 5.82 Å². The topological polar surface area (TPSA) is 70.1 Å². The van der Waals surface area contributed by atoms with Crippen molar-refractivity contribution in [3.63, 3.8) is 0 Å². The molecule has 2 N–H and O–H groups in total. The van der Waals surface area contributed by atoms with Gasteiger partial charge in [0.25, 0.3) is 0 Å². The number of carbonyl (C=O) groups is 1. The average Bonchev–Trinajstić information content (AvgIpc) is 2.31. The highest BCUT2D eigenvalue weighted by Gasteiger charge is 2.13. The van der Waals surface area contributed by atoms with Gasteiger partial charge in [0.05, 0.1) is 6.10 Å². The van der Waals surface area contributed by atoms with Gasteiger partial charge in [0.15, 0.2) is 5.69 Å². The minimum atomic E-state index is -0.442. The van der Waals surface area contributed by atoms with Crippen molar-refractivity contribution in [2.24, 2.45) is 7.05 Å². The van der Waals surface area contributed by atoms with Crippen LogP contribution < -0.4 is 5.73 Å². The van der Waals surface area contributed by atoms with E-state index in [1.807, 2.05) is 0 Å². The number of hydrogen-bond acceptors (Lipinski definition) is 4. The number of nitrogens with two attached hydrogens (primary N) is 1. The Labute approximate surface area is 76.5 Å². The Hall–Kier alpha value is -1.52. The van der Waals surface area contributed by atoms with E-state index in [4.69, 9.17) is 10.5 Å². The van der Waals surface area contributed by atoms with Gasteiger partial charge in [-0.3, -0.25) is 4.68 Å². The Kier molecular flexibility index (Phi) is 2.55. The van der Waals surface area contributed by atoms with E-state index in [9.17, 15) is 4.79 Å². The summed E-state index contributed by atoms with van der Waals surface area (Å²) in [5, 5.41) is 3.88. The number of esters is 1. The summed E-state index contributed by atoms with van der Waals surface area (Å²) >= 11 is 0. The molecule has 0 fully saturated rings. The van der Waals surface area contributed by atoms with Crippen LogP contribution in [0.25, 0.3) is 0 Å². The molecule has 1 rings (SSSR count). The molecular weight excluding hydrogens is 170 g/mol. The molecule has 1 heterocycles. The predicted molar refractivity (Wildman–Crippen MR) is 48.2 cm³/mol. The Morgan fingerprint density at radius 1 is 1.69 bits per heavy atom. The van der Waals surface area contributed by atoms with Crippen LogP contribution in [0.1, 0.15) is 24.3 Å². The van der Waals surface area contributed by atoms with Crippen molar-refractivity contribution in [2.75, 3.05) is 5.73 Å². The fourth-order valence-corrected chi connectivity index (χ4v) is 0.856. The van der Waals surface area contributed by atoms with Gasteiger partial charge in [0, 0.05) is 13.1 Å². The molecule has 5 nitrogen and oxygen atoms in total. The predicted octanol–water partition coefficient (Wildman–Crippen LogP) is 0.568. The van der Waals surface area contributed by atoms with Crippen molar-refractivity contribution in [3.05, 3.63) is 11.8 Å². The molecule has 0 radical (unpaired) electrons. The van der Waals surface area contributed by atoms with E-state index in [2.05, 4.69) is 5.10 Å². The molecule has 1 aromatic rings. The normalized spacial score (nSPS) is 10.5. The maximum Gasteiger partial charge on any atom is 0.359 e. The van der Waals surface area contributed by atoms with Gasteiger partial charge in [-0.2, -0.15) is 5.10 Å². The Balaban J connectivity index is 2.77. The third kappa shape index (κ3) is 2.21. The van der Waals surface area contributed by atoms with Gasteiger partial charge in [-0.25, -0.2) is 4.79 Å². The van der Waals surface area contributed by atoms with Crippen LogP contribution in [0, 0.1) is 0 Å². The molecular formula is C8H13N3O2. The molecule has 0 amide bonds. The third-order valence-electron chi connectivity index (χ3n) is 1.47. The lowest BCUT2D eigenvalue weighted by atomic mass is 10.4. The number of ether oxygens (including phenoxy) is 1. The lowest BCUT2D eigenvalue weighted by molar-refractivity contribution is 0.0370. The van der Waals surface area contributed by atoms with Gasteiger partial charge < -0.3 is 10.5 Å². The SMILES string of the molecule is CC(C)OC(=O)c1cc(N)n(C)n1. The van der Waals surface area contributed by atoms with Gasteiger partial charge in [-0.05, 0) is 13.8 Å². The fourth-order valence-electron chi connectivity index (χ4n) is 0.856. The Morgan fingerprint density at radius 2 is 2.31 bits per heavy atom. The Bertz CT molecular complexity index is 298. The smallest absolute Gasteiger partial charge is 0.359 e. The van der Waals surface area contributed by atoms with E-state index in [1.165, 1.54) is 10.7 Å². The van der Waals surface area contributed by atoms with Crippen LogP contribution in [-0.2, 0) is 11.8 Å². The van der Waals surface area contributed by atoms with Gasteiger partial charge in [-0.15, -0.1) is 0 Å². The molecule has 0 saturated carbocycles. The number of carbonyl (C=O) groups excluding carboxylic acids is 1. The van der Waals surface area contributed by atoms with E-state index in [0.717, 1.165) is 0 Å². The van der Waals surface area contributed by atoms with Crippen LogP contribution in [0.5, 0.6) is 0 Å². The number of hydrogen-bond donors (Lipinski definition) is 1. The zero-order valence-corrected chi connectivity index (χ0v) is 7.94. The quantitative estimate of drug-likeness (QED) is 0.680. The molecule has 0 spiro atoms. The molecule has 0 aliphatic rings. The summed E-state index contributed by atoms with van der Waals surface area (Å²) in [5.41, 5.74) is 5.75. The van der Waals surface area contributed by atoms with Crippen LogP contribution in [0.2, 0.25) is 0 Å². The molecule has 5 heteroatoms. The first-order valence-electron chi connectivity index (χ1n) is 4.01. The van der Waals surface area contributed by atoms with Crippen molar-refractivity contribution in [2.45, 2.75) is 20.0 Å². The molecule has 1 aromatic heterocycles. The summed E-state index contributed by atoms with van der Waals surface area (Å²) in [4.78, 5) is 11.3. The monoisotopic (exact) mass is 183 g/mol. The molecule has 72 valence electrons. The van der Waals surface area contributed by atoms with E-state index in [1.54, 1.807) is 20.9 Å². The standard InChI is InChI=1S/C8H13N3O2/c1-5(2)13-8(12)6-4-7(9)11(3)10-6/h4-5H,9H2,1-3H3. The van der Waals surface area contributed by atoms with Crippen LogP contribution in [-0.4, -0.2) is 21.9 Å². The number of aryl methyl sites for hydroxylation is 1. The minimum absolute atomic E-state index is 0.143. The van der Waals surface area contributed by atoms with Crippen molar-refractivity contribution in [1.29, 1.82) is 0 Å². The lowest BCUT2D eigenvalue weighted by Crippen LogP contribution is -2.12. The molecule has 0 bridgehead atoms. The second-order valence-corrected chi connectivity index (χ2v) is 3.03.